The van der Waals surface area contributed by atoms with E-state index in [1.165, 1.54) is 18.5 Å². The molecule has 1 aliphatic rings. The van der Waals surface area contributed by atoms with Gasteiger partial charge in [0.25, 0.3) is 5.91 Å². The molecule has 0 saturated carbocycles. The lowest BCUT2D eigenvalue weighted by Crippen LogP contribution is -2.28. The molecule has 10 heteroatoms. The van der Waals surface area contributed by atoms with Crippen molar-refractivity contribution in [1.82, 2.24) is 39.2 Å². The molecule has 1 saturated heterocycles. The van der Waals surface area contributed by atoms with Gasteiger partial charge in [0, 0.05) is 41.7 Å². The smallest absolute Gasteiger partial charge is 0.270 e. The van der Waals surface area contributed by atoms with Crippen LogP contribution in [0.15, 0.2) is 49.2 Å². The maximum atomic E-state index is 13.5. The SMILES string of the molecule is Cc1nn2c([C@H]3CCN(C(=O)c4cc5ccc(F)cc5[nH]4)C3)ccnc2c1Cn1cncn1. The summed E-state index contributed by atoms with van der Waals surface area (Å²) in [7, 11) is 0. The molecular weight excluding hydrogens is 423 g/mol. The van der Waals surface area contributed by atoms with Gasteiger partial charge in [-0.3, -0.25) is 4.79 Å². The lowest BCUT2D eigenvalue weighted by Gasteiger charge is -2.16. The number of carbonyl (C=O) groups is 1. The number of fused-ring (bicyclic) bond motifs is 2. The molecule has 33 heavy (non-hydrogen) atoms. The zero-order chi connectivity index (χ0) is 22.5. The van der Waals surface area contributed by atoms with Crippen LogP contribution in [0.3, 0.4) is 0 Å². The third-order valence-electron chi connectivity index (χ3n) is 6.34. The average Bonchev–Trinajstić information content (AvgIpc) is 3.60. The predicted octanol–water partition coefficient (Wildman–Crippen LogP) is 2.93. The summed E-state index contributed by atoms with van der Waals surface area (Å²) in [6.07, 6.45) is 5.81. The van der Waals surface area contributed by atoms with Crippen molar-refractivity contribution < 1.29 is 9.18 Å². The molecule has 1 atom stereocenters. The van der Waals surface area contributed by atoms with Crippen molar-refractivity contribution in [2.75, 3.05) is 13.1 Å². The van der Waals surface area contributed by atoms with Crippen molar-refractivity contribution in [3.8, 4) is 0 Å². The van der Waals surface area contributed by atoms with Crippen molar-refractivity contribution in [2.24, 2.45) is 0 Å². The van der Waals surface area contributed by atoms with Crippen molar-refractivity contribution >= 4 is 22.5 Å². The average molecular weight is 444 g/mol. The van der Waals surface area contributed by atoms with E-state index in [1.54, 1.807) is 29.3 Å². The molecule has 0 bridgehead atoms. The van der Waals surface area contributed by atoms with E-state index < -0.39 is 0 Å². The molecular formula is C23H21FN8O. The molecule has 0 radical (unpaired) electrons. The highest BCUT2D eigenvalue weighted by atomic mass is 19.1. The van der Waals surface area contributed by atoms with Gasteiger partial charge in [-0.15, -0.1) is 0 Å². The molecule has 1 aromatic carbocycles. The number of benzene rings is 1. The van der Waals surface area contributed by atoms with E-state index >= 15 is 0 Å². The number of carbonyl (C=O) groups excluding carboxylic acids is 1. The Balaban J connectivity index is 1.27. The number of H-pyrrole nitrogens is 1. The van der Waals surface area contributed by atoms with Crippen LogP contribution in [0.5, 0.6) is 0 Å². The van der Waals surface area contributed by atoms with E-state index in [-0.39, 0.29) is 17.6 Å². The second-order valence-corrected chi connectivity index (χ2v) is 8.41. The van der Waals surface area contributed by atoms with Gasteiger partial charge in [-0.05, 0) is 43.7 Å². The second-order valence-electron chi connectivity index (χ2n) is 8.41. The van der Waals surface area contributed by atoms with E-state index in [0.29, 0.717) is 30.8 Å². The van der Waals surface area contributed by atoms with Crippen LogP contribution >= 0.6 is 0 Å². The van der Waals surface area contributed by atoms with Crippen molar-refractivity contribution in [3.05, 3.63) is 77.6 Å². The normalized spacial score (nSPS) is 16.3. The minimum Gasteiger partial charge on any atom is -0.350 e. The van der Waals surface area contributed by atoms with Gasteiger partial charge in [-0.1, -0.05) is 0 Å². The fourth-order valence-corrected chi connectivity index (χ4v) is 4.66. The Hall–Kier alpha value is -4.08. The zero-order valence-electron chi connectivity index (χ0n) is 17.9. The van der Waals surface area contributed by atoms with Gasteiger partial charge in [0.15, 0.2) is 5.65 Å². The van der Waals surface area contributed by atoms with Gasteiger partial charge < -0.3 is 9.88 Å². The summed E-state index contributed by atoms with van der Waals surface area (Å²) in [5.41, 5.74) is 4.81. The maximum Gasteiger partial charge on any atom is 0.270 e. The van der Waals surface area contributed by atoms with Gasteiger partial charge in [-0.25, -0.2) is 23.6 Å². The van der Waals surface area contributed by atoms with E-state index in [9.17, 15) is 9.18 Å². The van der Waals surface area contributed by atoms with E-state index in [2.05, 4.69) is 20.1 Å². The van der Waals surface area contributed by atoms with Crippen LogP contribution in [-0.2, 0) is 6.54 Å². The van der Waals surface area contributed by atoms with Gasteiger partial charge >= 0.3 is 0 Å². The number of aromatic nitrogens is 7. The molecule has 4 aromatic heterocycles. The van der Waals surface area contributed by atoms with E-state index in [1.807, 2.05) is 22.4 Å². The second kappa shape index (κ2) is 7.51. The first-order valence-corrected chi connectivity index (χ1v) is 10.8. The van der Waals surface area contributed by atoms with Gasteiger partial charge in [0.1, 0.15) is 24.2 Å². The number of nitrogens with zero attached hydrogens (tertiary/aromatic N) is 7. The lowest BCUT2D eigenvalue weighted by molar-refractivity contribution is 0.0785. The van der Waals surface area contributed by atoms with E-state index in [4.69, 9.17) is 5.10 Å². The summed E-state index contributed by atoms with van der Waals surface area (Å²) in [6, 6.07) is 8.23. The van der Waals surface area contributed by atoms with Gasteiger partial charge in [0.05, 0.1) is 17.9 Å². The number of amides is 1. The number of hydrogen-bond acceptors (Lipinski definition) is 5. The monoisotopic (exact) mass is 444 g/mol. The molecule has 1 N–H and O–H groups in total. The van der Waals surface area contributed by atoms with Crippen LogP contribution in [0, 0.1) is 12.7 Å². The first kappa shape index (κ1) is 19.6. The summed E-state index contributed by atoms with van der Waals surface area (Å²) in [6.45, 7) is 3.73. The summed E-state index contributed by atoms with van der Waals surface area (Å²) >= 11 is 0. The number of aryl methyl sites for hydroxylation is 1. The molecule has 5 heterocycles. The molecule has 166 valence electrons. The quantitative estimate of drug-likeness (QED) is 0.460. The Morgan fingerprint density at radius 1 is 1.27 bits per heavy atom. The first-order chi connectivity index (χ1) is 16.1. The highest BCUT2D eigenvalue weighted by Crippen LogP contribution is 2.30. The molecule has 1 amide bonds. The number of likely N-dealkylation sites (tertiary alicyclic amines) is 1. The van der Waals surface area contributed by atoms with Gasteiger partial charge in [0.2, 0.25) is 0 Å². The number of aromatic amines is 1. The van der Waals surface area contributed by atoms with Crippen LogP contribution in [0.4, 0.5) is 4.39 Å². The Morgan fingerprint density at radius 3 is 3.03 bits per heavy atom. The molecule has 0 spiro atoms. The molecule has 1 fully saturated rings. The van der Waals surface area contributed by atoms with Crippen molar-refractivity contribution in [1.29, 1.82) is 0 Å². The topological polar surface area (TPSA) is 97.0 Å². The summed E-state index contributed by atoms with van der Waals surface area (Å²) in [4.78, 5) is 26.6. The van der Waals surface area contributed by atoms with Crippen molar-refractivity contribution in [3.63, 3.8) is 0 Å². The lowest BCUT2D eigenvalue weighted by atomic mass is 10.0. The molecule has 0 aliphatic carbocycles. The molecule has 1 aliphatic heterocycles. The van der Waals surface area contributed by atoms with Crippen LogP contribution < -0.4 is 0 Å². The van der Waals surface area contributed by atoms with Crippen LogP contribution in [0.25, 0.3) is 16.6 Å². The standard InChI is InChI=1S/C23H21FN8O/c1-14-18(11-31-13-25-12-27-31)22-26-6-4-21(32(22)29-14)16-5-7-30(10-16)23(33)20-8-15-2-3-17(24)9-19(15)28-20/h2-4,6,8-9,12-13,16,28H,5,7,10-11H2,1H3/t16-/m0/s1. The molecule has 6 rings (SSSR count). The first-order valence-electron chi connectivity index (χ1n) is 10.8. The minimum absolute atomic E-state index is 0.0806. The zero-order valence-corrected chi connectivity index (χ0v) is 17.9. The molecule has 0 unspecified atom stereocenters. The summed E-state index contributed by atoms with van der Waals surface area (Å²) < 4.78 is 17.2. The fraction of sp³-hybridized carbons (Fsp3) is 0.261. The Morgan fingerprint density at radius 2 is 2.18 bits per heavy atom. The number of halogens is 1. The Kier molecular flexibility index (Phi) is 4.46. The highest BCUT2D eigenvalue weighted by molar-refractivity contribution is 5.98. The van der Waals surface area contributed by atoms with Crippen LogP contribution in [0.2, 0.25) is 0 Å². The van der Waals surface area contributed by atoms with Gasteiger partial charge in [-0.2, -0.15) is 10.2 Å². The predicted molar refractivity (Wildman–Crippen MR) is 118 cm³/mol. The number of nitrogens with one attached hydrogen (secondary N) is 1. The number of hydrogen-bond donors (Lipinski definition) is 1. The third kappa shape index (κ3) is 3.34. The minimum atomic E-state index is -0.330. The van der Waals surface area contributed by atoms with Crippen LogP contribution in [0.1, 0.15) is 39.8 Å². The fourth-order valence-electron chi connectivity index (χ4n) is 4.66. The number of rotatable bonds is 4. The summed E-state index contributed by atoms with van der Waals surface area (Å²) in [5.74, 6) is -0.272. The molecule has 5 aromatic rings. The molecule has 9 nitrogen and oxygen atoms in total. The summed E-state index contributed by atoms with van der Waals surface area (Å²) in [5, 5.41) is 9.76. The third-order valence-corrected chi connectivity index (χ3v) is 6.34. The van der Waals surface area contributed by atoms with Crippen molar-refractivity contribution in [2.45, 2.75) is 25.8 Å². The van der Waals surface area contributed by atoms with Crippen LogP contribution in [-0.4, -0.2) is 58.2 Å². The Bertz CT molecular complexity index is 1490. The Labute approximate surface area is 187 Å². The maximum absolute atomic E-state index is 13.5. The highest BCUT2D eigenvalue weighted by Gasteiger charge is 2.31. The van der Waals surface area contributed by atoms with E-state index in [0.717, 1.165) is 34.4 Å². The largest absolute Gasteiger partial charge is 0.350 e.